The van der Waals surface area contributed by atoms with E-state index in [4.69, 9.17) is 16.0 Å². The number of piperazine rings is 1. The van der Waals surface area contributed by atoms with Crippen LogP contribution in [-0.4, -0.2) is 35.8 Å². The SMILES string of the molecule is CC1CNCCN1c1nc2cc(Cl)cc(CO)c2o1. The van der Waals surface area contributed by atoms with Crippen LogP contribution >= 0.6 is 11.6 Å². The second-order valence-corrected chi connectivity index (χ2v) is 5.25. The molecule has 0 radical (unpaired) electrons. The number of nitrogens with zero attached hydrogens (tertiary/aromatic N) is 2. The highest BCUT2D eigenvalue weighted by molar-refractivity contribution is 6.31. The van der Waals surface area contributed by atoms with Gasteiger partial charge in [0, 0.05) is 36.3 Å². The van der Waals surface area contributed by atoms with E-state index in [2.05, 4.69) is 22.1 Å². The first-order valence-electron chi connectivity index (χ1n) is 6.36. The zero-order chi connectivity index (χ0) is 13.4. The highest BCUT2D eigenvalue weighted by Gasteiger charge is 2.23. The maximum atomic E-state index is 9.36. The summed E-state index contributed by atoms with van der Waals surface area (Å²) < 4.78 is 5.82. The van der Waals surface area contributed by atoms with Crippen LogP contribution in [0.4, 0.5) is 6.01 Å². The highest BCUT2D eigenvalue weighted by Crippen LogP contribution is 2.29. The summed E-state index contributed by atoms with van der Waals surface area (Å²) in [4.78, 5) is 6.62. The van der Waals surface area contributed by atoms with Crippen molar-refractivity contribution in [3.8, 4) is 0 Å². The van der Waals surface area contributed by atoms with Crippen molar-refractivity contribution < 1.29 is 9.52 Å². The van der Waals surface area contributed by atoms with Crippen molar-refractivity contribution in [3.05, 3.63) is 22.7 Å². The van der Waals surface area contributed by atoms with Gasteiger partial charge < -0.3 is 19.7 Å². The van der Waals surface area contributed by atoms with Gasteiger partial charge in [0.25, 0.3) is 6.01 Å². The molecule has 1 aromatic carbocycles. The second-order valence-electron chi connectivity index (χ2n) is 4.81. The number of benzene rings is 1. The first kappa shape index (κ1) is 12.7. The number of halogens is 1. The fourth-order valence-corrected chi connectivity index (χ4v) is 2.65. The Morgan fingerprint density at radius 3 is 3.16 bits per heavy atom. The van der Waals surface area contributed by atoms with Crippen molar-refractivity contribution in [3.63, 3.8) is 0 Å². The number of fused-ring (bicyclic) bond motifs is 1. The first-order chi connectivity index (χ1) is 9.19. The molecular weight excluding hydrogens is 266 g/mol. The molecule has 1 atom stereocenters. The Hall–Kier alpha value is -1.30. The predicted molar refractivity (Wildman–Crippen MR) is 74.6 cm³/mol. The van der Waals surface area contributed by atoms with Gasteiger partial charge in [-0.2, -0.15) is 4.98 Å². The third-order valence-corrected chi connectivity index (χ3v) is 3.66. The summed E-state index contributed by atoms with van der Waals surface area (Å²) >= 11 is 6.01. The van der Waals surface area contributed by atoms with E-state index in [1.54, 1.807) is 12.1 Å². The monoisotopic (exact) mass is 281 g/mol. The average Bonchev–Trinajstić information content (AvgIpc) is 2.81. The average molecular weight is 282 g/mol. The van der Waals surface area contributed by atoms with Gasteiger partial charge in [0.1, 0.15) is 5.52 Å². The molecule has 0 amide bonds. The lowest BCUT2D eigenvalue weighted by atomic mass is 10.2. The Labute approximate surface area is 116 Å². The number of aliphatic hydroxyl groups is 1. The summed E-state index contributed by atoms with van der Waals surface area (Å²) in [7, 11) is 0. The van der Waals surface area contributed by atoms with Gasteiger partial charge in [0.15, 0.2) is 5.58 Å². The Kier molecular flexibility index (Phi) is 3.35. The molecule has 3 rings (SSSR count). The topological polar surface area (TPSA) is 61.5 Å². The molecule has 2 aromatic rings. The Morgan fingerprint density at radius 2 is 2.42 bits per heavy atom. The molecule has 6 heteroatoms. The van der Waals surface area contributed by atoms with Crippen LogP contribution in [0.15, 0.2) is 16.5 Å². The number of aromatic nitrogens is 1. The molecule has 2 N–H and O–H groups in total. The lowest BCUT2D eigenvalue weighted by molar-refractivity contribution is 0.281. The Bertz CT molecular complexity index is 599. The third kappa shape index (κ3) is 2.29. The normalized spacial score (nSPS) is 20.2. The molecule has 1 aromatic heterocycles. The number of anilines is 1. The van der Waals surface area contributed by atoms with E-state index < -0.39 is 0 Å². The first-order valence-corrected chi connectivity index (χ1v) is 6.74. The van der Waals surface area contributed by atoms with Crippen LogP contribution < -0.4 is 10.2 Å². The molecule has 0 saturated carbocycles. The number of hydrogen-bond acceptors (Lipinski definition) is 5. The van der Waals surface area contributed by atoms with Crippen LogP contribution in [0.25, 0.3) is 11.1 Å². The molecule has 2 heterocycles. The standard InChI is InChI=1S/C13H16ClN3O2/c1-8-6-15-2-3-17(8)13-16-11-5-10(14)4-9(7-18)12(11)19-13/h4-5,8,15,18H,2-3,6-7H2,1H3. The number of oxazole rings is 1. The molecule has 1 fully saturated rings. The predicted octanol–water partition coefficient (Wildman–Crippen LogP) is 1.77. The van der Waals surface area contributed by atoms with Crippen molar-refractivity contribution in [2.24, 2.45) is 0 Å². The largest absolute Gasteiger partial charge is 0.423 e. The van der Waals surface area contributed by atoms with Gasteiger partial charge in [-0.25, -0.2) is 0 Å². The number of hydrogen-bond donors (Lipinski definition) is 2. The van der Waals surface area contributed by atoms with E-state index >= 15 is 0 Å². The summed E-state index contributed by atoms with van der Waals surface area (Å²) in [5, 5.41) is 13.2. The van der Waals surface area contributed by atoms with Crippen molar-refractivity contribution >= 4 is 28.7 Å². The molecular formula is C13H16ClN3O2. The van der Waals surface area contributed by atoms with Crippen LogP contribution in [0.5, 0.6) is 0 Å². The van der Waals surface area contributed by atoms with Crippen LogP contribution in [-0.2, 0) is 6.61 Å². The van der Waals surface area contributed by atoms with Crippen LogP contribution in [0.2, 0.25) is 5.02 Å². The van der Waals surface area contributed by atoms with Gasteiger partial charge in [-0.05, 0) is 19.1 Å². The minimum atomic E-state index is -0.108. The van der Waals surface area contributed by atoms with E-state index in [0.717, 1.165) is 19.6 Å². The van der Waals surface area contributed by atoms with Crippen molar-refractivity contribution in [1.29, 1.82) is 0 Å². The van der Waals surface area contributed by atoms with Crippen LogP contribution in [0, 0.1) is 0 Å². The van der Waals surface area contributed by atoms with E-state index in [1.807, 2.05) is 0 Å². The molecule has 19 heavy (non-hydrogen) atoms. The van der Waals surface area contributed by atoms with Gasteiger partial charge in [0.2, 0.25) is 0 Å². The van der Waals surface area contributed by atoms with Crippen molar-refractivity contribution in [2.75, 3.05) is 24.5 Å². The minimum Gasteiger partial charge on any atom is -0.423 e. The molecule has 1 aliphatic rings. The summed E-state index contributed by atoms with van der Waals surface area (Å²) in [5.74, 6) is 0. The van der Waals surface area contributed by atoms with Gasteiger partial charge in [-0.3, -0.25) is 0 Å². The lowest BCUT2D eigenvalue weighted by Gasteiger charge is -2.32. The molecule has 1 unspecified atom stereocenters. The fraction of sp³-hybridized carbons (Fsp3) is 0.462. The summed E-state index contributed by atoms with van der Waals surface area (Å²) in [6.45, 7) is 4.70. The Balaban J connectivity index is 2.05. The van der Waals surface area contributed by atoms with Gasteiger partial charge >= 0.3 is 0 Å². The fourth-order valence-electron chi connectivity index (χ4n) is 2.42. The molecule has 0 spiro atoms. The van der Waals surface area contributed by atoms with Crippen molar-refractivity contribution in [2.45, 2.75) is 19.6 Å². The maximum Gasteiger partial charge on any atom is 0.298 e. The Morgan fingerprint density at radius 1 is 1.58 bits per heavy atom. The number of rotatable bonds is 2. The summed E-state index contributed by atoms with van der Waals surface area (Å²) in [6.07, 6.45) is 0. The second kappa shape index (κ2) is 5.00. The van der Waals surface area contributed by atoms with Gasteiger partial charge in [-0.1, -0.05) is 11.6 Å². The van der Waals surface area contributed by atoms with Gasteiger partial charge in [-0.15, -0.1) is 0 Å². The van der Waals surface area contributed by atoms with E-state index in [9.17, 15) is 5.11 Å². The molecule has 102 valence electrons. The molecule has 5 nitrogen and oxygen atoms in total. The number of nitrogens with one attached hydrogen (secondary N) is 1. The van der Waals surface area contributed by atoms with Crippen LogP contribution in [0.1, 0.15) is 12.5 Å². The van der Waals surface area contributed by atoms with E-state index in [0.29, 0.717) is 33.7 Å². The van der Waals surface area contributed by atoms with Crippen molar-refractivity contribution in [1.82, 2.24) is 10.3 Å². The zero-order valence-electron chi connectivity index (χ0n) is 10.7. The lowest BCUT2D eigenvalue weighted by Crippen LogP contribution is -2.50. The molecule has 1 saturated heterocycles. The summed E-state index contributed by atoms with van der Waals surface area (Å²) in [6, 6.07) is 4.39. The highest BCUT2D eigenvalue weighted by atomic mass is 35.5. The maximum absolute atomic E-state index is 9.36. The molecule has 0 aliphatic carbocycles. The molecule has 1 aliphatic heterocycles. The summed E-state index contributed by atoms with van der Waals surface area (Å²) in [5.41, 5.74) is 1.98. The van der Waals surface area contributed by atoms with Crippen LogP contribution in [0.3, 0.4) is 0 Å². The van der Waals surface area contributed by atoms with Gasteiger partial charge in [0.05, 0.1) is 6.61 Å². The van der Waals surface area contributed by atoms with E-state index in [1.165, 1.54) is 0 Å². The quantitative estimate of drug-likeness (QED) is 0.878. The smallest absolute Gasteiger partial charge is 0.298 e. The minimum absolute atomic E-state index is 0.108. The molecule has 0 bridgehead atoms. The van der Waals surface area contributed by atoms with E-state index in [-0.39, 0.29) is 6.61 Å². The third-order valence-electron chi connectivity index (χ3n) is 3.44. The zero-order valence-corrected chi connectivity index (χ0v) is 11.4. The number of aliphatic hydroxyl groups excluding tert-OH is 1.